The molecule has 1 amide bonds. The van der Waals surface area contributed by atoms with Crippen LogP contribution in [0.5, 0.6) is 0 Å². The number of alkyl carbamates (subject to hydrolysis) is 1. The van der Waals surface area contributed by atoms with Crippen LogP contribution in [0.1, 0.15) is 31.2 Å². The Labute approximate surface area is 129 Å². The molecule has 1 N–H and O–H groups in total. The molecule has 6 nitrogen and oxygen atoms in total. The van der Waals surface area contributed by atoms with Gasteiger partial charge in [-0.1, -0.05) is 30.3 Å². The third kappa shape index (κ3) is 4.82. The standard InChI is InChI=1S/C16H19N3O3/c17-18-10-15(20)13-6-8-14(9-7-13)19-16(21)22-11-12-4-2-1-3-5-12/h1-5,10,13-14H,6-9,11H2,(H,19,21)/t13-,14-. The van der Waals surface area contributed by atoms with Crippen molar-refractivity contribution in [3.63, 3.8) is 0 Å². The van der Waals surface area contributed by atoms with Crippen molar-refractivity contribution in [2.24, 2.45) is 5.92 Å². The number of rotatable bonds is 5. The summed E-state index contributed by atoms with van der Waals surface area (Å²) in [5.41, 5.74) is 9.31. The van der Waals surface area contributed by atoms with Crippen molar-refractivity contribution >= 4 is 18.1 Å². The van der Waals surface area contributed by atoms with E-state index in [1.807, 2.05) is 30.3 Å². The highest BCUT2D eigenvalue weighted by atomic mass is 16.5. The predicted molar refractivity (Wildman–Crippen MR) is 80.2 cm³/mol. The largest absolute Gasteiger partial charge is 0.445 e. The average Bonchev–Trinajstić information content (AvgIpc) is 2.55. The van der Waals surface area contributed by atoms with Gasteiger partial charge in [0.15, 0.2) is 0 Å². The monoisotopic (exact) mass is 301 g/mol. The van der Waals surface area contributed by atoms with Crippen molar-refractivity contribution in [1.82, 2.24) is 5.32 Å². The zero-order chi connectivity index (χ0) is 15.8. The first-order valence-corrected chi connectivity index (χ1v) is 7.37. The summed E-state index contributed by atoms with van der Waals surface area (Å²) in [5.74, 6) is -0.276. The summed E-state index contributed by atoms with van der Waals surface area (Å²) in [4.78, 5) is 26.1. The molecular formula is C16H19N3O3. The van der Waals surface area contributed by atoms with Crippen LogP contribution in [0.4, 0.5) is 4.79 Å². The van der Waals surface area contributed by atoms with Crippen LogP contribution in [-0.4, -0.2) is 28.9 Å². The minimum atomic E-state index is -0.435. The van der Waals surface area contributed by atoms with Gasteiger partial charge in [0.1, 0.15) is 6.61 Å². The number of carbonyl (C=O) groups excluding carboxylic acids is 2. The molecule has 0 saturated heterocycles. The topological polar surface area (TPSA) is 91.8 Å². The van der Waals surface area contributed by atoms with Gasteiger partial charge in [0.05, 0.1) is 0 Å². The summed E-state index contributed by atoms with van der Waals surface area (Å²) in [6.45, 7) is 0.244. The highest BCUT2D eigenvalue weighted by Crippen LogP contribution is 2.24. The van der Waals surface area contributed by atoms with Crippen molar-refractivity contribution < 1.29 is 19.1 Å². The molecule has 1 fully saturated rings. The zero-order valence-electron chi connectivity index (χ0n) is 12.3. The number of nitrogens with one attached hydrogen (secondary N) is 1. The fraction of sp³-hybridized carbons (Fsp3) is 0.438. The quantitative estimate of drug-likeness (QED) is 0.514. The molecule has 1 aromatic rings. The maximum Gasteiger partial charge on any atom is 0.407 e. The van der Waals surface area contributed by atoms with Crippen LogP contribution in [0, 0.1) is 5.92 Å². The third-order valence-corrected chi connectivity index (χ3v) is 3.85. The van der Waals surface area contributed by atoms with E-state index in [9.17, 15) is 9.59 Å². The number of ketones is 1. The maximum absolute atomic E-state index is 11.7. The van der Waals surface area contributed by atoms with E-state index in [0.717, 1.165) is 24.6 Å². The number of carbonyl (C=O) groups is 2. The fourth-order valence-electron chi connectivity index (χ4n) is 2.62. The molecule has 116 valence electrons. The molecule has 0 radical (unpaired) electrons. The molecule has 0 aromatic heterocycles. The number of ether oxygens (including phenoxy) is 1. The second kappa shape index (κ2) is 8.10. The van der Waals surface area contributed by atoms with Gasteiger partial charge < -0.3 is 15.6 Å². The minimum Gasteiger partial charge on any atom is -0.445 e. The summed E-state index contributed by atoms with van der Waals surface area (Å²) < 4.78 is 5.17. The van der Waals surface area contributed by atoms with E-state index >= 15 is 0 Å². The predicted octanol–water partition coefficient (Wildman–Crippen LogP) is 2.34. The normalized spacial score (nSPS) is 20.5. The molecule has 1 aliphatic rings. The molecule has 1 aliphatic carbocycles. The molecule has 2 rings (SSSR count). The molecule has 0 heterocycles. The Balaban J connectivity index is 1.70. The number of benzene rings is 1. The van der Waals surface area contributed by atoms with E-state index in [1.165, 1.54) is 0 Å². The third-order valence-electron chi connectivity index (χ3n) is 3.85. The van der Waals surface area contributed by atoms with Crippen molar-refractivity contribution in [2.45, 2.75) is 38.3 Å². The van der Waals surface area contributed by atoms with E-state index in [2.05, 4.69) is 10.1 Å². The molecule has 22 heavy (non-hydrogen) atoms. The molecule has 1 aromatic carbocycles. The lowest BCUT2D eigenvalue weighted by Gasteiger charge is -2.26. The van der Waals surface area contributed by atoms with Crippen LogP contribution in [0.2, 0.25) is 0 Å². The summed E-state index contributed by atoms with van der Waals surface area (Å²) in [6.07, 6.45) is 3.30. The van der Waals surface area contributed by atoms with Gasteiger partial charge >= 0.3 is 12.3 Å². The second-order valence-corrected chi connectivity index (χ2v) is 5.40. The van der Waals surface area contributed by atoms with Crippen molar-refractivity contribution in [3.8, 4) is 0 Å². The first-order valence-electron chi connectivity index (χ1n) is 7.37. The Morgan fingerprint density at radius 3 is 2.55 bits per heavy atom. The van der Waals surface area contributed by atoms with Crippen LogP contribution in [0.25, 0.3) is 5.53 Å². The number of hydrogen-bond acceptors (Lipinski definition) is 3. The summed E-state index contributed by atoms with van der Waals surface area (Å²) >= 11 is 0. The second-order valence-electron chi connectivity index (χ2n) is 5.40. The SMILES string of the molecule is [N-]=[N+]=CC(=O)[C@H]1CC[C@H](NC(=O)OCc2ccccc2)CC1. The first kappa shape index (κ1) is 15.9. The Morgan fingerprint density at radius 2 is 1.91 bits per heavy atom. The molecule has 0 atom stereocenters. The lowest BCUT2D eigenvalue weighted by atomic mass is 9.84. The van der Waals surface area contributed by atoms with Gasteiger partial charge in [-0.05, 0) is 31.2 Å². The average molecular weight is 301 g/mol. The van der Waals surface area contributed by atoms with Gasteiger partial charge in [-0.25, -0.2) is 4.79 Å². The van der Waals surface area contributed by atoms with Crippen molar-refractivity contribution in [3.05, 3.63) is 41.4 Å². The van der Waals surface area contributed by atoms with Gasteiger partial charge in [0.25, 0.3) is 0 Å². The highest BCUT2D eigenvalue weighted by molar-refractivity contribution is 6.26. The molecule has 0 unspecified atom stereocenters. The highest BCUT2D eigenvalue weighted by Gasteiger charge is 2.28. The van der Waals surface area contributed by atoms with Crippen molar-refractivity contribution in [2.75, 3.05) is 0 Å². The van der Waals surface area contributed by atoms with Crippen LogP contribution in [0.15, 0.2) is 30.3 Å². The molecule has 1 saturated carbocycles. The van der Waals surface area contributed by atoms with Crippen LogP contribution >= 0.6 is 0 Å². The van der Waals surface area contributed by atoms with E-state index in [-0.39, 0.29) is 24.3 Å². The molecular weight excluding hydrogens is 282 g/mol. The lowest BCUT2D eigenvalue weighted by Crippen LogP contribution is -2.39. The molecule has 0 bridgehead atoms. The van der Waals surface area contributed by atoms with E-state index in [4.69, 9.17) is 10.3 Å². The number of Topliss-reactive ketones (excluding diaryl/α,β-unsaturated/α-hetero) is 1. The van der Waals surface area contributed by atoms with Crippen LogP contribution in [-0.2, 0) is 16.1 Å². The van der Waals surface area contributed by atoms with Gasteiger partial charge in [-0.3, -0.25) is 4.79 Å². The van der Waals surface area contributed by atoms with Gasteiger partial charge in [0, 0.05) is 12.0 Å². The summed E-state index contributed by atoms with van der Waals surface area (Å²) in [6, 6.07) is 9.51. The zero-order valence-corrected chi connectivity index (χ0v) is 12.3. The Bertz CT molecular complexity index is 559. The lowest BCUT2D eigenvalue weighted by molar-refractivity contribution is -0.120. The van der Waals surface area contributed by atoms with Gasteiger partial charge in [-0.2, -0.15) is 4.79 Å². The minimum absolute atomic E-state index is 0.0263. The van der Waals surface area contributed by atoms with Crippen LogP contribution in [0.3, 0.4) is 0 Å². The Kier molecular flexibility index (Phi) is 5.86. The summed E-state index contributed by atoms with van der Waals surface area (Å²) in [5, 5.41) is 2.83. The Morgan fingerprint density at radius 1 is 1.23 bits per heavy atom. The smallest absolute Gasteiger partial charge is 0.407 e. The molecule has 0 aliphatic heterocycles. The van der Waals surface area contributed by atoms with Gasteiger partial charge in [0.2, 0.25) is 5.78 Å². The van der Waals surface area contributed by atoms with Crippen LogP contribution < -0.4 is 5.32 Å². The molecule has 6 heteroatoms. The number of amides is 1. The van der Waals surface area contributed by atoms with E-state index in [1.54, 1.807) is 0 Å². The summed E-state index contributed by atoms with van der Waals surface area (Å²) in [7, 11) is 0. The van der Waals surface area contributed by atoms with E-state index < -0.39 is 6.09 Å². The fourth-order valence-corrected chi connectivity index (χ4v) is 2.62. The maximum atomic E-state index is 11.7. The first-order chi connectivity index (χ1) is 10.7. The van der Waals surface area contributed by atoms with Crippen molar-refractivity contribution in [1.29, 1.82) is 0 Å². The Hall–Kier alpha value is -2.46. The number of hydrogen-bond donors (Lipinski definition) is 1. The van der Waals surface area contributed by atoms with Gasteiger partial charge in [-0.15, -0.1) is 0 Å². The van der Waals surface area contributed by atoms with E-state index in [0.29, 0.717) is 12.8 Å². The number of nitrogens with zero attached hydrogens (tertiary/aromatic N) is 2. The molecule has 0 spiro atoms.